The zero-order chi connectivity index (χ0) is 11.0. The van der Waals surface area contributed by atoms with Crippen LogP contribution in [0, 0.1) is 29.1 Å². The zero-order valence-corrected chi connectivity index (χ0v) is 7.21. The van der Waals surface area contributed by atoms with Crippen molar-refractivity contribution in [2.45, 2.75) is 0 Å². The summed E-state index contributed by atoms with van der Waals surface area (Å²) >= 11 is 0. The maximum Gasteiger partial charge on any atom is 1.00 e. The number of hydrogen-bond donors (Lipinski definition) is 0. The Balaban J connectivity index is 0.00000196. The summed E-state index contributed by atoms with van der Waals surface area (Å²) in [5.74, 6) is -14.4. The van der Waals surface area contributed by atoms with Crippen LogP contribution in [0.25, 0.3) is 0 Å². The van der Waals surface area contributed by atoms with Gasteiger partial charge in [0.1, 0.15) is 0 Å². The smallest absolute Gasteiger partial charge is 0.545 e. The van der Waals surface area contributed by atoms with Crippen molar-refractivity contribution in [1.29, 1.82) is 0 Å². The molecule has 1 aromatic carbocycles. The standard InChI is InChI=1S/C7HF5O2.Li/c8-2-1(7(13)14)3(9)5(11)6(12)4(2)10;/h(H,13,14);/q;+1/p-1. The second-order valence-corrected chi connectivity index (χ2v) is 2.23. The molecule has 0 aliphatic heterocycles. The number of halogens is 5. The third kappa shape index (κ3) is 2.13. The van der Waals surface area contributed by atoms with Crippen molar-refractivity contribution in [2.75, 3.05) is 0 Å². The number of carbonyl (C=O) groups excluding carboxylic acids is 1. The van der Waals surface area contributed by atoms with Crippen LogP contribution in [0.1, 0.15) is 10.4 Å². The van der Waals surface area contributed by atoms with Gasteiger partial charge in [0.25, 0.3) is 0 Å². The summed E-state index contributed by atoms with van der Waals surface area (Å²) in [6.45, 7) is 0. The molecule has 0 radical (unpaired) electrons. The molecule has 0 unspecified atom stereocenters. The maximum atomic E-state index is 12.5. The largest absolute Gasteiger partial charge is 1.00 e. The third-order valence-corrected chi connectivity index (χ3v) is 1.41. The molecule has 0 bridgehead atoms. The zero-order valence-electron chi connectivity index (χ0n) is 7.21. The summed E-state index contributed by atoms with van der Waals surface area (Å²) in [7, 11) is 0. The predicted octanol–water partition coefficient (Wildman–Crippen LogP) is -2.25. The van der Waals surface area contributed by atoms with Crippen molar-refractivity contribution >= 4 is 5.97 Å². The molecule has 0 aromatic heterocycles. The summed E-state index contributed by atoms with van der Waals surface area (Å²) in [5.41, 5.74) is -1.97. The van der Waals surface area contributed by atoms with E-state index in [1.54, 1.807) is 0 Å². The van der Waals surface area contributed by atoms with Gasteiger partial charge in [-0.25, -0.2) is 22.0 Å². The molecule has 2 nitrogen and oxygen atoms in total. The van der Waals surface area contributed by atoms with Crippen LogP contribution in [0.2, 0.25) is 0 Å². The van der Waals surface area contributed by atoms with E-state index in [1.807, 2.05) is 0 Å². The first-order valence-electron chi connectivity index (χ1n) is 3.10. The molecule has 0 fully saturated rings. The molecular formula is C7F5LiO2. The van der Waals surface area contributed by atoms with E-state index in [0.717, 1.165) is 0 Å². The fourth-order valence-electron chi connectivity index (χ4n) is 0.784. The first-order valence-corrected chi connectivity index (χ1v) is 3.10. The minimum absolute atomic E-state index is 0. The Labute approximate surface area is 91.9 Å². The number of carbonyl (C=O) groups is 1. The van der Waals surface area contributed by atoms with Crippen molar-refractivity contribution in [3.05, 3.63) is 34.6 Å². The molecule has 1 rings (SSSR count). The molecule has 0 aliphatic rings. The van der Waals surface area contributed by atoms with E-state index in [9.17, 15) is 31.9 Å². The molecule has 0 atom stereocenters. The van der Waals surface area contributed by atoms with E-state index in [1.165, 1.54) is 0 Å². The Kier molecular flexibility index (Phi) is 4.31. The molecule has 8 heteroatoms. The van der Waals surface area contributed by atoms with Gasteiger partial charge in [-0.15, -0.1) is 0 Å². The summed E-state index contributed by atoms with van der Waals surface area (Å²) in [6, 6.07) is 0. The van der Waals surface area contributed by atoms with Crippen LogP contribution in [0.15, 0.2) is 0 Å². The van der Waals surface area contributed by atoms with Gasteiger partial charge in [0, 0.05) is 0 Å². The Hall–Kier alpha value is -1.06. The predicted molar refractivity (Wildman–Crippen MR) is 30.6 cm³/mol. The van der Waals surface area contributed by atoms with E-state index >= 15 is 0 Å². The topological polar surface area (TPSA) is 40.1 Å². The third-order valence-electron chi connectivity index (χ3n) is 1.41. The van der Waals surface area contributed by atoms with Crippen LogP contribution >= 0.6 is 0 Å². The SMILES string of the molecule is O=C([O-])c1c(F)c(F)c(F)c(F)c1F.[Li+]. The normalized spacial score (nSPS) is 9.67. The number of rotatable bonds is 1. The Morgan fingerprint density at radius 2 is 1.07 bits per heavy atom. The minimum atomic E-state index is -2.47. The summed E-state index contributed by atoms with van der Waals surface area (Å²) in [5, 5.41) is 10.0. The molecular weight excluding hydrogens is 218 g/mol. The maximum absolute atomic E-state index is 12.5. The molecule has 76 valence electrons. The summed E-state index contributed by atoms with van der Waals surface area (Å²) < 4.78 is 62.0. The van der Waals surface area contributed by atoms with Gasteiger partial charge in [0.2, 0.25) is 5.82 Å². The molecule has 1 aromatic rings. The van der Waals surface area contributed by atoms with E-state index in [0.29, 0.717) is 0 Å². The van der Waals surface area contributed by atoms with Crippen molar-refractivity contribution in [2.24, 2.45) is 0 Å². The van der Waals surface area contributed by atoms with Gasteiger partial charge in [0.15, 0.2) is 23.3 Å². The van der Waals surface area contributed by atoms with Gasteiger partial charge in [-0.2, -0.15) is 0 Å². The summed E-state index contributed by atoms with van der Waals surface area (Å²) in [6.07, 6.45) is 0. The molecule has 0 N–H and O–H groups in total. The number of benzene rings is 1. The van der Waals surface area contributed by atoms with Gasteiger partial charge < -0.3 is 9.90 Å². The van der Waals surface area contributed by atoms with Crippen LogP contribution < -0.4 is 24.0 Å². The van der Waals surface area contributed by atoms with Crippen LogP contribution in [0.3, 0.4) is 0 Å². The fourth-order valence-corrected chi connectivity index (χ4v) is 0.784. The number of hydrogen-bond acceptors (Lipinski definition) is 2. The van der Waals surface area contributed by atoms with E-state index in [4.69, 9.17) is 0 Å². The molecule has 0 amide bonds. The quantitative estimate of drug-likeness (QED) is 0.231. The second-order valence-electron chi connectivity index (χ2n) is 2.23. The second kappa shape index (κ2) is 4.64. The average Bonchev–Trinajstić information content (AvgIpc) is 2.11. The van der Waals surface area contributed by atoms with Crippen LogP contribution in [0.4, 0.5) is 22.0 Å². The molecule has 0 saturated heterocycles. The van der Waals surface area contributed by atoms with Crippen molar-refractivity contribution in [3.63, 3.8) is 0 Å². The first kappa shape index (κ1) is 13.9. The molecule has 0 saturated carbocycles. The first-order chi connectivity index (χ1) is 6.37. The number of carboxylic acid groups (broad SMARTS) is 1. The van der Waals surface area contributed by atoms with E-state index in [2.05, 4.69) is 0 Å². The Morgan fingerprint density at radius 3 is 1.33 bits per heavy atom. The Bertz CT molecular complexity index is 391. The van der Waals surface area contributed by atoms with Crippen molar-refractivity contribution in [3.8, 4) is 0 Å². The van der Waals surface area contributed by atoms with E-state index < -0.39 is 40.6 Å². The Morgan fingerprint density at radius 1 is 0.800 bits per heavy atom. The number of carboxylic acids is 1. The van der Waals surface area contributed by atoms with Crippen LogP contribution in [-0.4, -0.2) is 5.97 Å². The summed E-state index contributed by atoms with van der Waals surface area (Å²) in [4.78, 5) is 10.0. The average molecular weight is 218 g/mol. The monoisotopic (exact) mass is 218 g/mol. The molecule has 0 heterocycles. The van der Waals surface area contributed by atoms with Gasteiger partial charge in [-0.1, -0.05) is 0 Å². The van der Waals surface area contributed by atoms with Gasteiger partial charge in [0.05, 0.1) is 11.5 Å². The molecule has 0 aliphatic carbocycles. The van der Waals surface area contributed by atoms with Crippen molar-refractivity contribution in [1.82, 2.24) is 0 Å². The number of aromatic carboxylic acids is 1. The van der Waals surface area contributed by atoms with Crippen LogP contribution in [0.5, 0.6) is 0 Å². The van der Waals surface area contributed by atoms with Gasteiger partial charge >= 0.3 is 18.9 Å². The molecule has 15 heavy (non-hydrogen) atoms. The van der Waals surface area contributed by atoms with Crippen molar-refractivity contribution < 1.29 is 50.7 Å². The molecule has 0 spiro atoms. The minimum Gasteiger partial charge on any atom is -0.545 e. The van der Waals surface area contributed by atoms with Crippen LogP contribution in [-0.2, 0) is 0 Å². The van der Waals surface area contributed by atoms with E-state index in [-0.39, 0.29) is 18.9 Å². The van der Waals surface area contributed by atoms with Gasteiger partial charge in [-0.3, -0.25) is 0 Å². The van der Waals surface area contributed by atoms with Gasteiger partial charge in [-0.05, 0) is 0 Å². The fraction of sp³-hybridized carbons (Fsp3) is 0.